The number of aromatic nitrogens is 1. The van der Waals surface area contributed by atoms with Gasteiger partial charge in [0.15, 0.2) is 0 Å². The molecule has 2 heterocycles. The summed E-state index contributed by atoms with van der Waals surface area (Å²) in [6, 6.07) is 82.9. The lowest BCUT2D eigenvalue weighted by molar-refractivity contribution is 0.670. The number of furan rings is 1. The van der Waals surface area contributed by atoms with E-state index in [4.69, 9.17) is 4.42 Å². The highest BCUT2D eigenvalue weighted by molar-refractivity contribution is 6.11. The van der Waals surface area contributed by atoms with E-state index < -0.39 is 0 Å². The highest BCUT2D eigenvalue weighted by atomic mass is 16.3. The Morgan fingerprint density at radius 3 is 1.69 bits per heavy atom. The van der Waals surface area contributed by atoms with Crippen molar-refractivity contribution in [1.82, 2.24) is 4.57 Å². The fourth-order valence-electron chi connectivity index (χ4n) is 9.44. The van der Waals surface area contributed by atoms with E-state index in [9.17, 15) is 0 Å². The SMILES string of the molecule is c1ccc(-c2cccc3c2oc2ccccc23)c(-c2ccc(N(c3ccc4ccccc4c3)c3ccccc3-c3ccccc3-n3c4ccccc4c4ccccc43)cc2)c1. The molecule has 0 aliphatic carbocycles. The number of anilines is 3. The molecule has 2 aromatic heterocycles. The number of fused-ring (bicyclic) bond motifs is 7. The van der Waals surface area contributed by atoms with Crippen LogP contribution in [-0.4, -0.2) is 4.57 Å². The predicted octanol–water partition coefficient (Wildman–Crippen LogP) is 16.3. The van der Waals surface area contributed by atoms with Gasteiger partial charge in [-0.3, -0.25) is 0 Å². The van der Waals surface area contributed by atoms with Crippen molar-refractivity contribution in [2.45, 2.75) is 0 Å². The van der Waals surface area contributed by atoms with Gasteiger partial charge in [0.05, 0.1) is 22.4 Å². The Bertz CT molecular complexity index is 3560. The molecule has 0 aliphatic rings. The molecule has 0 saturated heterocycles. The van der Waals surface area contributed by atoms with Crippen LogP contribution in [0, 0.1) is 0 Å². The lowest BCUT2D eigenvalue weighted by Crippen LogP contribution is -2.11. The molecule has 10 aromatic carbocycles. The van der Waals surface area contributed by atoms with Crippen molar-refractivity contribution in [1.29, 1.82) is 0 Å². The second-order valence-corrected chi connectivity index (χ2v) is 15.6. The van der Waals surface area contributed by atoms with Gasteiger partial charge in [-0.1, -0.05) is 176 Å². The summed E-state index contributed by atoms with van der Waals surface area (Å²) in [5.74, 6) is 0. The molecule has 0 radical (unpaired) electrons. The lowest BCUT2D eigenvalue weighted by Gasteiger charge is -2.29. The zero-order valence-corrected chi connectivity index (χ0v) is 33.2. The van der Waals surface area contributed by atoms with Crippen LogP contribution in [-0.2, 0) is 0 Å². The van der Waals surface area contributed by atoms with Crippen LogP contribution in [0.3, 0.4) is 0 Å². The minimum Gasteiger partial charge on any atom is -0.455 e. The van der Waals surface area contributed by atoms with Gasteiger partial charge in [-0.25, -0.2) is 0 Å². The maximum Gasteiger partial charge on any atom is 0.143 e. The molecule has 12 aromatic rings. The molecule has 0 fully saturated rings. The van der Waals surface area contributed by atoms with Crippen molar-refractivity contribution in [3.05, 3.63) is 231 Å². The van der Waals surface area contributed by atoms with Crippen LogP contribution in [0.1, 0.15) is 0 Å². The highest BCUT2D eigenvalue weighted by Gasteiger charge is 2.22. The smallest absolute Gasteiger partial charge is 0.143 e. The first kappa shape index (κ1) is 34.9. The first-order valence-corrected chi connectivity index (χ1v) is 20.8. The summed E-state index contributed by atoms with van der Waals surface area (Å²) < 4.78 is 8.95. The van der Waals surface area contributed by atoms with Crippen LogP contribution in [0.25, 0.3) is 93.6 Å². The predicted molar refractivity (Wildman–Crippen MR) is 257 cm³/mol. The van der Waals surface area contributed by atoms with E-state index in [1.807, 2.05) is 12.1 Å². The first-order chi connectivity index (χ1) is 30.3. The van der Waals surface area contributed by atoms with Gasteiger partial charge in [0.25, 0.3) is 0 Å². The van der Waals surface area contributed by atoms with Gasteiger partial charge in [0.2, 0.25) is 0 Å². The molecule has 0 aliphatic heterocycles. The molecule has 0 atom stereocenters. The van der Waals surface area contributed by atoms with Gasteiger partial charge < -0.3 is 13.9 Å². The number of hydrogen-bond acceptors (Lipinski definition) is 2. The largest absolute Gasteiger partial charge is 0.455 e. The number of para-hydroxylation sites is 6. The third kappa shape index (κ3) is 5.74. The molecule has 12 rings (SSSR count). The van der Waals surface area contributed by atoms with Crippen molar-refractivity contribution in [2.75, 3.05) is 4.90 Å². The van der Waals surface area contributed by atoms with Crippen LogP contribution in [0.2, 0.25) is 0 Å². The minimum absolute atomic E-state index is 0.901. The number of rotatable bonds is 7. The molecular formula is C58H38N2O. The molecule has 0 unspecified atom stereocenters. The van der Waals surface area contributed by atoms with E-state index in [1.54, 1.807) is 0 Å². The van der Waals surface area contributed by atoms with Gasteiger partial charge in [0, 0.05) is 49.6 Å². The quantitative estimate of drug-likeness (QED) is 0.161. The van der Waals surface area contributed by atoms with Crippen molar-refractivity contribution in [3.8, 4) is 39.1 Å². The maximum atomic E-state index is 6.52. The van der Waals surface area contributed by atoms with E-state index in [2.05, 4.69) is 228 Å². The van der Waals surface area contributed by atoms with E-state index in [-0.39, 0.29) is 0 Å². The summed E-state index contributed by atoms with van der Waals surface area (Å²) in [6.45, 7) is 0. The van der Waals surface area contributed by atoms with Gasteiger partial charge in [-0.05, 0) is 82.1 Å². The summed E-state index contributed by atoms with van der Waals surface area (Å²) in [4.78, 5) is 2.41. The Kier molecular flexibility index (Phi) is 8.17. The van der Waals surface area contributed by atoms with Crippen molar-refractivity contribution in [3.63, 3.8) is 0 Å². The summed E-state index contributed by atoms with van der Waals surface area (Å²) >= 11 is 0. The van der Waals surface area contributed by atoms with E-state index in [1.165, 1.54) is 32.6 Å². The Morgan fingerprint density at radius 1 is 0.344 bits per heavy atom. The van der Waals surface area contributed by atoms with Gasteiger partial charge in [-0.2, -0.15) is 0 Å². The normalized spacial score (nSPS) is 11.6. The molecule has 0 amide bonds. The summed E-state index contributed by atoms with van der Waals surface area (Å²) in [5.41, 5.74) is 15.4. The standard InChI is InChI=1S/C58H38N2O/c1-2-17-41-38-43(37-32-39(41)16-1)59(42-35-33-40(34-36-42)44-18-3-4-19-45(44)51-25-15-26-52-50-24-9-14-31-57(50)61-58(51)52)53-27-10-5-20-46(53)47-21-6-11-28-54(47)60-55-29-12-7-22-48(55)49-23-8-13-30-56(49)60/h1-38H. The molecule has 286 valence electrons. The van der Waals surface area contributed by atoms with Crippen LogP contribution < -0.4 is 4.90 Å². The Morgan fingerprint density at radius 2 is 0.902 bits per heavy atom. The Balaban J connectivity index is 1.03. The molecule has 0 bridgehead atoms. The Hall–Kier alpha value is -8.14. The first-order valence-electron chi connectivity index (χ1n) is 20.8. The van der Waals surface area contributed by atoms with E-state index >= 15 is 0 Å². The van der Waals surface area contributed by atoms with Gasteiger partial charge in [-0.15, -0.1) is 0 Å². The van der Waals surface area contributed by atoms with Crippen LogP contribution in [0.5, 0.6) is 0 Å². The van der Waals surface area contributed by atoms with Crippen molar-refractivity contribution in [2.24, 2.45) is 0 Å². The highest BCUT2D eigenvalue weighted by Crippen LogP contribution is 2.46. The van der Waals surface area contributed by atoms with Crippen LogP contribution in [0.15, 0.2) is 235 Å². The zero-order valence-electron chi connectivity index (χ0n) is 33.2. The zero-order chi connectivity index (χ0) is 40.3. The third-order valence-electron chi connectivity index (χ3n) is 12.2. The monoisotopic (exact) mass is 778 g/mol. The molecule has 61 heavy (non-hydrogen) atoms. The van der Waals surface area contributed by atoms with Gasteiger partial charge in [0.1, 0.15) is 11.2 Å². The summed E-state index contributed by atoms with van der Waals surface area (Å²) in [5, 5.41) is 7.15. The number of benzene rings is 10. The molecule has 3 heteroatoms. The van der Waals surface area contributed by atoms with Crippen LogP contribution in [0.4, 0.5) is 17.1 Å². The molecule has 0 saturated carbocycles. The molecule has 0 N–H and O–H groups in total. The van der Waals surface area contributed by atoms with Gasteiger partial charge >= 0.3 is 0 Å². The van der Waals surface area contributed by atoms with E-state index in [0.717, 1.165) is 78.1 Å². The van der Waals surface area contributed by atoms with Crippen molar-refractivity contribution < 1.29 is 4.42 Å². The fourth-order valence-corrected chi connectivity index (χ4v) is 9.44. The second-order valence-electron chi connectivity index (χ2n) is 15.6. The van der Waals surface area contributed by atoms with Crippen molar-refractivity contribution >= 4 is 71.6 Å². The molecule has 0 spiro atoms. The Labute approximate surface area is 353 Å². The average Bonchev–Trinajstić information content (AvgIpc) is 3.88. The topological polar surface area (TPSA) is 21.3 Å². The van der Waals surface area contributed by atoms with E-state index in [0.29, 0.717) is 0 Å². The molecular weight excluding hydrogens is 741 g/mol. The molecule has 3 nitrogen and oxygen atoms in total. The summed E-state index contributed by atoms with van der Waals surface area (Å²) in [7, 11) is 0. The van der Waals surface area contributed by atoms with Crippen LogP contribution >= 0.6 is 0 Å². The maximum absolute atomic E-state index is 6.52. The minimum atomic E-state index is 0.901. The third-order valence-corrected chi connectivity index (χ3v) is 12.2. The summed E-state index contributed by atoms with van der Waals surface area (Å²) in [6.07, 6.45) is 0. The fraction of sp³-hybridized carbons (Fsp3) is 0. The second kappa shape index (κ2) is 14.3. The number of nitrogens with zero attached hydrogens (tertiary/aromatic N) is 2. The average molecular weight is 779 g/mol. The number of hydrogen-bond donors (Lipinski definition) is 0. The lowest BCUT2D eigenvalue weighted by atomic mass is 9.93.